The molecule has 0 aliphatic rings. The molecule has 1 aromatic heterocycles. The second kappa shape index (κ2) is 6.77. The Hall–Kier alpha value is -3.10. The summed E-state index contributed by atoms with van der Waals surface area (Å²) in [4.78, 5) is 15.8. The molecule has 0 radical (unpaired) electrons. The average molecular weight is 319 g/mol. The Morgan fingerprint density at radius 1 is 0.913 bits per heavy atom. The van der Waals surface area contributed by atoms with Crippen LogP contribution in [0.4, 0.5) is 11.9 Å². The summed E-state index contributed by atoms with van der Waals surface area (Å²) >= 11 is 0. The van der Waals surface area contributed by atoms with E-state index in [9.17, 15) is 0 Å². The Bertz CT molecular complexity index is 705. The van der Waals surface area contributed by atoms with Crippen molar-refractivity contribution in [3.05, 3.63) is 6.07 Å². The summed E-state index contributed by atoms with van der Waals surface area (Å²) in [5.41, 5.74) is 6.11. The van der Waals surface area contributed by atoms with Crippen LogP contribution in [0.15, 0.2) is 11.1 Å². The maximum atomic E-state index is 5.70. The molecule has 0 saturated heterocycles. The molecule has 0 aliphatic carbocycles. The molecule has 2 rings (SSSR count). The van der Waals surface area contributed by atoms with Gasteiger partial charge in [-0.3, -0.25) is 0 Å². The molecule has 2 aromatic rings. The Kier molecular flexibility index (Phi) is 4.79. The summed E-state index contributed by atoms with van der Waals surface area (Å²) in [5.74, 6) is 1.85. The van der Waals surface area contributed by atoms with Gasteiger partial charge in [0.25, 0.3) is 5.95 Å². The van der Waals surface area contributed by atoms with Gasteiger partial charge in [0.15, 0.2) is 28.8 Å². The predicted molar refractivity (Wildman–Crippen MR) is 85.1 cm³/mol. The Labute approximate surface area is 133 Å². The van der Waals surface area contributed by atoms with Crippen molar-refractivity contribution in [2.75, 3.05) is 34.2 Å². The van der Waals surface area contributed by atoms with E-state index in [0.29, 0.717) is 28.6 Å². The molecule has 0 atom stereocenters. The zero-order valence-corrected chi connectivity index (χ0v) is 13.3. The van der Waals surface area contributed by atoms with Crippen molar-refractivity contribution in [2.24, 2.45) is 4.99 Å². The second-order valence-electron chi connectivity index (χ2n) is 4.20. The van der Waals surface area contributed by atoms with Crippen molar-refractivity contribution < 1.29 is 18.9 Å². The van der Waals surface area contributed by atoms with Crippen molar-refractivity contribution >= 4 is 18.6 Å². The lowest BCUT2D eigenvalue weighted by Crippen LogP contribution is -2.04. The zero-order chi connectivity index (χ0) is 17.0. The number of nitrogens with zero attached hydrogens (tertiary/aromatic N) is 4. The topological polar surface area (TPSA) is 114 Å². The lowest BCUT2D eigenvalue weighted by atomic mass is 10.1. The van der Waals surface area contributed by atoms with E-state index in [1.807, 2.05) is 0 Å². The summed E-state index contributed by atoms with van der Waals surface area (Å²) in [7, 11) is 5.99. The quantitative estimate of drug-likeness (QED) is 0.796. The van der Waals surface area contributed by atoms with Gasteiger partial charge in [-0.1, -0.05) is 0 Å². The van der Waals surface area contributed by atoms with E-state index in [4.69, 9.17) is 24.7 Å². The molecule has 0 saturated carbocycles. The monoisotopic (exact) mass is 319 g/mol. The summed E-state index contributed by atoms with van der Waals surface area (Å²) in [6.45, 7) is 3.39. The highest BCUT2D eigenvalue weighted by atomic mass is 16.5. The lowest BCUT2D eigenvalue weighted by molar-refractivity contribution is 0.331. The van der Waals surface area contributed by atoms with Crippen LogP contribution in [0.3, 0.4) is 0 Å². The third-order valence-corrected chi connectivity index (χ3v) is 3.02. The minimum Gasteiger partial charge on any atom is -0.493 e. The molecule has 1 aromatic carbocycles. The van der Waals surface area contributed by atoms with E-state index in [-0.39, 0.29) is 17.7 Å². The number of nitrogen functional groups attached to an aromatic ring is 1. The molecule has 0 spiro atoms. The third-order valence-electron chi connectivity index (χ3n) is 3.02. The summed E-state index contributed by atoms with van der Waals surface area (Å²) < 4.78 is 21.5. The highest BCUT2D eigenvalue weighted by Gasteiger charge is 2.25. The smallest absolute Gasteiger partial charge is 0.254 e. The average Bonchev–Trinajstić information content (AvgIpc) is 2.58. The largest absolute Gasteiger partial charge is 0.493 e. The van der Waals surface area contributed by atoms with Crippen molar-refractivity contribution in [2.45, 2.75) is 0 Å². The van der Waals surface area contributed by atoms with Gasteiger partial charge < -0.3 is 24.7 Å². The molecule has 2 N–H and O–H groups in total. The van der Waals surface area contributed by atoms with Gasteiger partial charge >= 0.3 is 0 Å². The number of anilines is 1. The Morgan fingerprint density at radius 2 is 1.48 bits per heavy atom. The Morgan fingerprint density at radius 3 is 1.91 bits per heavy atom. The van der Waals surface area contributed by atoms with Crippen molar-refractivity contribution in [3.8, 4) is 34.4 Å². The normalized spacial score (nSPS) is 10.1. The van der Waals surface area contributed by atoms with Gasteiger partial charge in [-0.2, -0.15) is 15.0 Å². The SMILES string of the molecule is C=Nc1nc(N)nc(-c2c(OC)c(OC)cc(OC)c2OC)n1. The third kappa shape index (κ3) is 2.93. The highest BCUT2D eigenvalue weighted by molar-refractivity contribution is 5.80. The first-order valence-electron chi connectivity index (χ1n) is 6.45. The highest BCUT2D eigenvalue weighted by Crippen LogP contribution is 2.49. The number of aromatic nitrogens is 3. The van der Waals surface area contributed by atoms with Crippen LogP contribution >= 0.6 is 0 Å². The van der Waals surface area contributed by atoms with Crippen LogP contribution in [0.25, 0.3) is 11.4 Å². The molecule has 0 amide bonds. The number of hydrogen-bond donors (Lipinski definition) is 1. The first-order chi connectivity index (χ1) is 11.1. The van der Waals surface area contributed by atoms with Gasteiger partial charge in [0.2, 0.25) is 5.95 Å². The van der Waals surface area contributed by atoms with Crippen LogP contribution in [0, 0.1) is 0 Å². The van der Waals surface area contributed by atoms with Gasteiger partial charge in [-0.15, -0.1) is 0 Å². The molecular weight excluding hydrogens is 302 g/mol. The van der Waals surface area contributed by atoms with Gasteiger partial charge in [-0.25, -0.2) is 4.99 Å². The number of ether oxygens (including phenoxy) is 4. The lowest BCUT2D eigenvalue weighted by Gasteiger charge is -2.18. The maximum absolute atomic E-state index is 5.70. The first-order valence-corrected chi connectivity index (χ1v) is 6.45. The number of aliphatic imine (C=N–C) groups is 1. The summed E-state index contributed by atoms with van der Waals surface area (Å²) in [6.07, 6.45) is 0. The molecule has 122 valence electrons. The van der Waals surface area contributed by atoms with Crippen LogP contribution in [0.1, 0.15) is 0 Å². The second-order valence-corrected chi connectivity index (χ2v) is 4.20. The molecule has 23 heavy (non-hydrogen) atoms. The zero-order valence-electron chi connectivity index (χ0n) is 13.3. The fraction of sp³-hybridized carbons (Fsp3) is 0.286. The molecule has 0 unspecified atom stereocenters. The van der Waals surface area contributed by atoms with E-state index in [2.05, 4.69) is 26.7 Å². The standard InChI is InChI=1S/C14H17N5O4/c1-16-14-18-12(17-13(15)19-14)9-10(22-4)7(20-2)6-8(21-3)11(9)23-5/h6H,1H2,2-5H3,(H2,15,17,18,19). The van der Waals surface area contributed by atoms with Crippen LogP contribution in [-0.4, -0.2) is 50.1 Å². The van der Waals surface area contributed by atoms with Crippen LogP contribution in [0.5, 0.6) is 23.0 Å². The van der Waals surface area contributed by atoms with Crippen molar-refractivity contribution in [1.29, 1.82) is 0 Å². The number of methoxy groups -OCH3 is 4. The number of benzene rings is 1. The maximum Gasteiger partial charge on any atom is 0.254 e. The van der Waals surface area contributed by atoms with E-state index >= 15 is 0 Å². The molecule has 0 bridgehead atoms. The number of rotatable bonds is 6. The van der Waals surface area contributed by atoms with E-state index < -0.39 is 0 Å². The minimum absolute atomic E-state index is 0.0108. The fourth-order valence-electron chi connectivity index (χ4n) is 2.07. The van der Waals surface area contributed by atoms with E-state index in [1.54, 1.807) is 6.07 Å². The molecule has 9 nitrogen and oxygen atoms in total. The minimum atomic E-state index is -0.0108. The van der Waals surface area contributed by atoms with Crippen LogP contribution < -0.4 is 24.7 Å². The summed E-state index contributed by atoms with van der Waals surface area (Å²) in [6, 6.07) is 1.64. The Balaban J connectivity index is 2.87. The number of hydrogen-bond acceptors (Lipinski definition) is 9. The van der Waals surface area contributed by atoms with Crippen LogP contribution in [-0.2, 0) is 0 Å². The van der Waals surface area contributed by atoms with Crippen molar-refractivity contribution in [1.82, 2.24) is 15.0 Å². The molecule has 9 heteroatoms. The van der Waals surface area contributed by atoms with E-state index in [1.165, 1.54) is 28.4 Å². The van der Waals surface area contributed by atoms with Gasteiger partial charge in [0, 0.05) is 6.07 Å². The van der Waals surface area contributed by atoms with Gasteiger partial charge in [0.1, 0.15) is 5.56 Å². The van der Waals surface area contributed by atoms with Crippen LogP contribution in [0.2, 0.25) is 0 Å². The van der Waals surface area contributed by atoms with E-state index in [0.717, 1.165) is 0 Å². The first kappa shape index (κ1) is 16.3. The fourth-order valence-corrected chi connectivity index (χ4v) is 2.07. The summed E-state index contributed by atoms with van der Waals surface area (Å²) in [5, 5.41) is 0. The molecule has 0 fully saturated rings. The molecule has 0 aliphatic heterocycles. The predicted octanol–water partition coefficient (Wildman–Crippen LogP) is 1.49. The molecule has 1 heterocycles. The van der Waals surface area contributed by atoms with Gasteiger partial charge in [-0.05, 0) is 6.72 Å². The molecular formula is C14H17N5O4. The van der Waals surface area contributed by atoms with Crippen molar-refractivity contribution in [3.63, 3.8) is 0 Å². The number of nitrogens with two attached hydrogens (primary N) is 1. The van der Waals surface area contributed by atoms with Gasteiger partial charge in [0.05, 0.1) is 28.4 Å².